The summed E-state index contributed by atoms with van der Waals surface area (Å²) >= 11 is 9.53. The lowest BCUT2D eigenvalue weighted by molar-refractivity contribution is 0.219. The molecule has 1 aromatic rings. The van der Waals surface area contributed by atoms with Crippen LogP contribution in [-0.2, 0) is 6.54 Å². The van der Waals surface area contributed by atoms with Gasteiger partial charge in [0.2, 0.25) is 0 Å². The van der Waals surface area contributed by atoms with Gasteiger partial charge < -0.3 is 10.4 Å². The van der Waals surface area contributed by atoms with Gasteiger partial charge in [0.25, 0.3) is 0 Å². The smallest absolute Gasteiger partial charge is 0.327 e. The maximum absolute atomic E-state index is 13.5. The third kappa shape index (κ3) is 4.07. The van der Waals surface area contributed by atoms with E-state index in [9.17, 15) is 9.18 Å². The Bertz CT molecular complexity index is 406. The molecule has 0 aromatic heterocycles. The number of aliphatic hydroxyl groups is 1. The highest BCUT2D eigenvalue weighted by atomic mass is 35.5. The van der Waals surface area contributed by atoms with Crippen molar-refractivity contribution < 1.29 is 14.3 Å². The molecule has 0 heterocycles. The fourth-order valence-corrected chi connectivity index (χ4v) is 1.57. The predicted molar refractivity (Wildman–Crippen MR) is 66.4 cm³/mol. The number of hydrogen-bond donors (Lipinski definition) is 3. The zero-order valence-electron chi connectivity index (χ0n) is 8.86. The molecule has 2 amide bonds. The summed E-state index contributed by atoms with van der Waals surface area (Å²) in [5.74, 6) is -0.567. The molecule has 94 valence electrons. The lowest BCUT2D eigenvalue weighted by Crippen LogP contribution is -2.35. The summed E-state index contributed by atoms with van der Waals surface area (Å²) in [5, 5.41) is 10.9. The SMILES string of the molecule is O=C(NCCO)N(S)Cc1cccc(Cl)c1F. The van der Waals surface area contributed by atoms with Gasteiger partial charge >= 0.3 is 6.03 Å². The quantitative estimate of drug-likeness (QED) is 0.736. The fraction of sp³-hybridized carbons (Fsp3) is 0.300. The molecule has 0 saturated heterocycles. The number of carbonyl (C=O) groups excluding carboxylic acids is 1. The number of thiol groups is 1. The maximum atomic E-state index is 13.5. The van der Waals surface area contributed by atoms with Crippen LogP contribution in [0, 0.1) is 5.82 Å². The maximum Gasteiger partial charge on any atom is 0.327 e. The Hall–Kier alpha value is -0.980. The molecule has 7 heteroatoms. The third-order valence-corrected chi connectivity index (χ3v) is 2.59. The molecule has 4 nitrogen and oxygen atoms in total. The summed E-state index contributed by atoms with van der Waals surface area (Å²) in [5.41, 5.74) is 0.270. The minimum Gasteiger partial charge on any atom is -0.395 e. The first-order chi connectivity index (χ1) is 8.06. The second-order valence-corrected chi connectivity index (χ2v) is 4.12. The van der Waals surface area contributed by atoms with E-state index >= 15 is 0 Å². The summed E-state index contributed by atoms with van der Waals surface area (Å²) in [6.07, 6.45) is 0. The number of hydrogen-bond acceptors (Lipinski definition) is 3. The summed E-state index contributed by atoms with van der Waals surface area (Å²) in [7, 11) is 0. The van der Waals surface area contributed by atoms with E-state index in [1.54, 1.807) is 6.07 Å². The van der Waals surface area contributed by atoms with Crippen molar-refractivity contribution in [2.45, 2.75) is 6.54 Å². The van der Waals surface area contributed by atoms with E-state index in [1.807, 2.05) is 0 Å². The van der Waals surface area contributed by atoms with Crippen LogP contribution in [0.3, 0.4) is 0 Å². The second-order valence-electron chi connectivity index (χ2n) is 3.23. The lowest BCUT2D eigenvalue weighted by Gasteiger charge is -2.16. The van der Waals surface area contributed by atoms with Gasteiger partial charge in [0.1, 0.15) is 5.82 Å². The Morgan fingerprint density at radius 3 is 2.94 bits per heavy atom. The zero-order chi connectivity index (χ0) is 12.8. The van der Waals surface area contributed by atoms with Crippen LogP contribution in [0.5, 0.6) is 0 Å². The summed E-state index contributed by atoms with van der Waals surface area (Å²) in [4.78, 5) is 11.4. The minimum absolute atomic E-state index is 0.000000289. The van der Waals surface area contributed by atoms with Gasteiger partial charge in [0, 0.05) is 12.1 Å². The molecule has 0 unspecified atom stereocenters. The Labute approximate surface area is 109 Å². The Morgan fingerprint density at radius 1 is 1.59 bits per heavy atom. The standard InChI is InChI=1S/C10H12ClFN2O2S/c11-8-3-1-2-7(9(8)12)6-14(17)10(16)13-4-5-15/h1-3,15,17H,4-6H2,(H,13,16). The van der Waals surface area contributed by atoms with E-state index in [1.165, 1.54) is 12.1 Å². The third-order valence-electron chi connectivity index (χ3n) is 1.97. The highest BCUT2D eigenvalue weighted by Crippen LogP contribution is 2.19. The van der Waals surface area contributed by atoms with Crippen molar-refractivity contribution in [3.8, 4) is 0 Å². The number of carbonyl (C=O) groups is 1. The normalized spacial score (nSPS) is 10.1. The van der Waals surface area contributed by atoms with Crippen LogP contribution in [0.15, 0.2) is 18.2 Å². The number of urea groups is 1. The molecule has 17 heavy (non-hydrogen) atoms. The van der Waals surface area contributed by atoms with Crippen LogP contribution in [0.1, 0.15) is 5.56 Å². The topological polar surface area (TPSA) is 52.6 Å². The van der Waals surface area contributed by atoms with Gasteiger partial charge in [-0.05, 0) is 6.07 Å². The summed E-state index contributed by atoms with van der Waals surface area (Å²) < 4.78 is 14.5. The van der Waals surface area contributed by atoms with Crippen LogP contribution in [0.2, 0.25) is 5.02 Å². The summed E-state index contributed by atoms with van der Waals surface area (Å²) in [6.45, 7) is -0.0699. The number of rotatable bonds is 4. The molecule has 0 atom stereocenters. The van der Waals surface area contributed by atoms with Gasteiger partial charge in [-0.3, -0.25) is 4.31 Å². The van der Waals surface area contributed by atoms with Gasteiger partial charge in [0.05, 0.1) is 18.2 Å². The van der Waals surface area contributed by atoms with E-state index in [-0.39, 0.29) is 30.3 Å². The van der Waals surface area contributed by atoms with Crippen molar-refractivity contribution >= 4 is 30.4 Å². The first kappa shape index (κ1) is 14.1. The van der Waals surface area contributed by atoms with Crippen molar-refractivity contribution in [1.82, 2.24) is 9.62 Å². The van der Waals surface area contributed by atoms with E-state index in [4.69, 9.17) is 16.7 Å². The van der Waals surface area contributed by atoms with Gasteiger partial charge in [-0.2, -0.15) is 0 Å². The molecule has 1 aromatic carbocycles. The molecule has 0 spiro atoms. The predicted octanol–water partition coefficient (Wildman–Crippen LogP) is 1.83. The highest BCUT2D eigenvalue weighted by Gasteiger charge is 2.13. The molecule has 0 bridgehead atoms. The molecule has 0 saturated carbocycles. The van der Waals surface area contributed by atoms with Crippen LogP contribution in [-0.4, -0.2) is 28.6 Å². The lowest BCUT2D eigenvalue weighted by atomic mass is 10.2. The Balaban J connectivity index is 2.64. The molecule has 0 aliphatic heterocycles. The van der Waals surface area contributed by atoms with Crippen molar-refractivity contribution in [3.05, 3.63) is 34.6 Å². The Kier molecular flexibility index (Phi) is 5.54. The Morgan fingerprint density at radius 2 is 2.29 bits per heavy atom. The zero-order valence-corrected chi connectivity index (χ0v) is 10.5. The highest BCUT2D eigenvalue weighted by molar-refractivity contribution is 7.78. The minimum atomic E-state index is -0.567. The molecule has 1 rings (SSSR count). The van der Waals surface area contributed by atoms with Crippen molar-refractivity contribution in [1.29, 1.82) is 0 Å². The molecule has 0 aliphatic carbocycles. The van der Waals surface area contributed by atoms with Gasteiger partial charge in [0.15, 0.2) is 0 Å². The van der Waals surface area contributed by atoms with E-state index in [2.05, 4.69) is 18.1 Å². The number of amides is 2. The summed E-state index contributed by atoms with van der Waals surface area (Å²) in [6, 6.07) is 4.02. The van der Waals surface area contributed by atoms with Gasteiger partial charge in [-0.15, -0.1) is 0 Å². The second kappa shape index (κ2) is 6.68. The largest absolute Gasteiger partial charge is 0.395 e. The van der Waals surface area contributed by atoms with Gasteiger partial charge in [-0.25, -0.2) is 9.18 Å². The van der Waals surface area contributed by atoms with Gasteiger partial charge in [-0.1, -0.05) is 36.5 Å². The van der Waals surface area contributed by atoms with Crippen molar-refractivity contribution in [2.75, 3.05) is 13.2 Å². The fourth-order valence-electron chi connectivity index (χ4n) is 1.16. The van der Waals surface area contributed by atoms with Crippen LogP contribution in [0.4, 0.5) is 9.18 Å². The molecule has 0 radical (unpaired) electrons. The van der Waals surface area contributed by atoms with E-state index < -0.39 is 11.8 Å². The molecule has 0 fully saturated rings. The van der Waals surface area contributed by atoms with E-state index in [0.29, 0.717) is 0 Å². The van der Waals surface area contributed by atoms with Crippen LogP contribution in [0.25, 0.3) is 0 Å². The first-order valence-electron chi connectivity index (χ1n) is 4.84. The molecular weight excluding hydrogens is 267 g/mol. The average Bonchev–Trinajstić information content (AvgIpc) is 2.31. The molecular formula is C10H12ClFN2O2S. The van der Waals surface area contributed by atoms with Crippen molar-refractivity contribution in [3.63, 3.8) is 0 Å². The van der Waals surface area contributed by atoms with Crippen molar-refractivity contribution in [2.24, 2.45) is 0 Å². The number of halogens is 2. The monoisotopic (exact) mass is 278 g/mol. The van der Waals surface area contributed by atoms with Crippen LogP contribution < -0.4 is 5.32 Å². The number of nitrogens with one attached hydrogen (secondary N) is 1. The molecule has 0 aliphatic rings. The van der Waals surface area contributed by atoms with E-state index in [0.717, 1.165) is 4.31 Å². The van der Waals surface area contributed by atoms with Crippen LogP contribution >= 0.6 is 24.4 Å². The number of aliphatic hydroxyl groups excluding tert-OH is 1. The average molecular weight is 279 g/mol. The number of benzene rings is 1. The molecule has 2 N–H and O–H groups in total. The number of nitrogens with zero attached hydrogens (tertiary/aromatic N) is 1. The first-order valence-corrected chi connectivity index (χ1v) is 5.62.